The molecule has 1 aromatic carbocycles. The Labute approximate surface area is 144 Å². The van der Waals surface area contributed by atoms with Crippen LogP contribution in [0.2, 0.25) is 0 Å². The van der Waals surface area contributed by atoms with Crippen LogP contribution in [-0.2, 0) is 11.2 Å². The normalized spacial score (nSPS) is 26.8. The first-order valence-electron chi connectivity index (χ1n) is 8.91. The molecule has 0 saturated carbocycles. The van der Waals surface area contributed by atoms with Crippen molar-refractivity contribution < 1.29 is 14.6 Å². The number of aryl methyl sites for hydroxylation is 1. The van der Waals surface area contributed by atoms with Crippen LogP contribution in [0.25, 0.3) is 0 Å². The molecule has 0 spiro atoms. The monoisotopic (exact) mass is 326 g/mol. The lowest BCUT2D eigenvalue weighted by atomic mass is 9.64. The third-order valence-corrected chi connectivity index (χ3v) is 6.07. The molecule has 24 heavy (non-hydrogen) atoms. The quantitative estimate of drug-likeness (QED) is 0.818. The summed E-state index contributed by atoms with van der Waals surface area (Å²) in [5.74, 6) is 1.89. The Bertz CT molecular complexity index is 727. The summed E-state index contributed by atoms with van der Waals surface area (Å²) in [6, 6.07) is 3.95. The van der Waals surface area contributed by atoms with Gasteiger partial charge in [0.2, 0.25) is 0 Å². The molecule has 0 amide bonds. The lowest BCUT2D eigenvalue weighted by Gasteiger charge is -2.40. The first-order chi connectivity index (χ1) is 11.5. The van der Waals surface area contributed by atoms with Gasteiger partial charge in [-0.3, -0.25) is 0 Å². The van der Waals surface area contributed by atoms with Crippen molar-refractivity contribution in [2.45, 2.75) is 45.4 Å². The van der Waals surface area contributed by atoms with Crippen molar-refractivity contribution in [1.82, 2.24) is 0 Å². The van der Waals surface area contributed by atoms with Gasteiger partial charge in [-0.15, -0.1) is 0 Å². The molecule has 0 bridgehead atoms. The minimum atomic E-state index is 0.161. The number of hydrogen-bond donors (Lipinski definition) is 1. The molecule has 1 N–H and O–H groups in total. The summed E-state index contributed by atoms with van der Waals surface area (Å²) < 4.78 is 10.4. The van der Waals surface area contributed by atoms with Gasteiger partial charge in [-0.2, -0.15) is 0 Å². The van der Waals surface area contributed by atoms with Crippen molar-refractivity contribution in [2.24, 2.45) is 11.3 Å². The molecule has 1 aromatic rings. The van der Waals surface area contributed by atoms with Gasteiger partial charge in [-0.1, -0.05) is 31.6 Å². The summed E-state index contributed by atoms with van der Waals surface area (Å²) in [5.41, 5.74) is 6.07. The maximum atomic E-state index is 10.3. The zero-order valence-electron chi connectivity index (χ0n) is 14.8. The number of fused-ring (bicyclic) bond motifs is 4. The maximum absolute atomic E-state index is 10.3. The van der Waals surface area contributed by atoms with E-state index in [0.717, 1.165) is 6.42 Å². The Balaban J connectivity index is 1.68. The van der Waals surface area contributed by atoms with E-state index in [0.29, 0.717) is 17.6 Å². The number of methoxy groups -OCH3 is 1. The molecule has 4 rings (SSSR count). The van der Waals surface area contributed by atoms with Crippen LogP contribution in [0.3, 0.4) is 0 Å². The molecule has 3 nitrogen and oxygen atoms in total. The SMILES string of the molecule is COCOc1cc2c(cc1O)[C@H]1CCC3=C(C=CC3(C)C)[C@@H]1CC2. The lowest BCUT2D eigenvalue weighted by molar-refractivity contribution is 0.0491. The van der Waals surface area contributed by atoms with Gasteiger partial charge >= 0.3 is 0 Å². The highest BCUT2D eigenvalue weighted by molar-refractivity contribution is 5.53. The third-order valence-electron chi connectivity index (χ3n) is 6.07. The molecule has 0 fully saturated rings. The van der Waals surface area contributed by atoms with E-state index < -0.39 is 0 Å². The Kier molecular flexibility index (Phi) is 3.72. The van der Waals surface area contributed by atoms with Crippen LogP contribution in [0.1, 0.15) is 50.2 Å². The Hall–Kier alpha value is -1.74. The molecule has 128 valence electrons. The van der Waals surface area contributed by atoms with Crippen LogP contribution in [0.15, 0.2) is 35.4 Å². The lowest BCUT2D eigenvalue weighted by Crippen LogP contribution is -2.27. The fraction of sp³-hybridized carbons (Fsp3) is 0.524. The molecule has 0 unspecified atom stereocenters. The van der Waals surface area contributed by atoms with Crippen LogP contribution in [0.4, 0.5) is 0 Å². The van der Waals surface area contributed by atoms with Crippen molar-refractivity contribution in [3.63, 3.8) is 0 Å². The highest BCUT2D eigenvalue weighted by atomic mass is 16.7. The third kappa shape index (κ3) is 2.37. The van der Waals surface area contributed by atoms with E-state index in [-0.39, 0.29) is 18.0 Å². The number of phenolic OH excluding ortho intramolecular Hbond substituents is 1. The smallest absolute Gasteiger partial charge is 0.188 e. The van der Waals surface area contributed by atoms with Crippen molar-refractivity contribution in [3.8, 4) is 11.5 Å². The minimum absolute atomic E-state index is 0.161. The van der Waals surface area contributed by atoms with E-state index in [2.05, 4.69) is 26.0 Å². The molecular formula is C21H26O3. The zero-order chi connectivity index (χ0) is 16.9. The molecule has 3 heteroatoms. The number of aromatic hydroxyl groups is 1. The minimum Gasteiger partial charge on any atom is -0.504 e. The molecule has 2 atom stereocenters. The summed E-state index contributed by atoms with van der Waals surface area (Å²) in [6.07, 6.45) is 9.32. The topological polar surface area (TPSA) is 38.7 Å². The number of benzene rings is 1. The second-order valence-electron chi connectivity index (χ2n) is 7.85. The summed E-state index contributed by atoms with van der Waals surface area (Å²) in [7, 11) is 1.59. The van der Waals surface area contributed by atoms with E-state index in [1.807, 2.05) is 12.1 Å². The van der Waals surface area contributed by atoms with Crippen molar-refractivity contribution in [3.05, 3.63) is 46.6 Å². The van der Waals surface area contributed by atoms with Crippen LogP contribution in [-0.4, -0.2) is 19.0 Å². The Morgan fingerprint density at radius 3 is 2.75 bits per heavy atom. The van der Waals surface area contributed by atoms with Gasteiger partial charge in [0.1, 0.15) is 0 Å². The van der Waals surface area contributed by atoms with Gasteiger partial charge in [0.05, 0.1) is 0 Å². The first kappa shape index (κ1) is 15.8. The second-order valence-corrected chi connectivity index (χ2v) is 7.85. The van der Waals surface area contributed by atoms with Crippen LogP contribution >= 0.6 is 0 Å². The average molecular weight is 326 g/mol. The molecule has 3 aliphatic rings. The average Bonchev–Trinajstić information content (AvgIpc) is 2.88. The molecular weight excluding hydrogens is 300 g/mol. The summed E-state index contributed by atoms with van der Waals surface area (Å²) in [6.45, 7) is 4.82. The standard InChI is InChI=1S/C21H26O3/c1-21(2)9-8-16-14-5-4-13-10-20(24-12-23-3)19(22)11-17(13)15(14)6-7-18(16)21/h8-11,14-15,22H,4-7,12H2,1-3H3/t14-,15+/m1/s1. The van der Waals surface area contributed by atoms with Gasteiger partial charge in [0, 0.05) is 12.5 Å². The molecule has 0 saturated heterocycles. The van der Waals surface area contributed by atoms with Gasteiger partial charge in [-0.05, 0) is 66.4 Å². The number of hydrogen-bond acceptors (Lipinski definition) is 3. The fourth-order valence-electron chi connectivity index (χ4n) is 4.87. The zero-order valence-corrected chi connectivity index (χ0v) is 14.8. The highest BCUT2D eigenvalue weighted by Gasteiger charge is 2.41. The van der Waals surface area contributed by atoms with E-state index in [1.54, 1.807) is 18.3 Å². The fourth-order valence-corrected chi connectivity index (χ4v) is 4.87. The van der Waals surface area contributed by atoms with Crippen LogP contribution in [0.5, 0.6) is 11.5 Å². The van der Waals surface area contributed by atoms with Crippen LogP contribution < -0.4 is 4.74 Å². The number of rotatable bonds is 3. The Morgan fingerprint density at radius 1 is 1.17 bits per heavy atom. The summed E-state index contributed by atoms with van der Waals surface area (Å²) in [4.78, 5) is 0. The summed E-state index contributed by atoms with van der Waals surface area (Å²) in [5, 5.41) is 10.3. The largest absolute Gasteiger partial charge is 0.504 e. The van der Waals surface area contributed by atoms with E-state index in [1.165, 1.54) is 30.4 Å². The maximum Gasteiger partial charge on any atom is 0.188 e. The molecule has 0 aromatic heterocycles. The number of ether oxygens (including phenoxy) is 2. The van der Waals surface area contributed by atoms with Gasteiger partial charge < -0.3 is 14.6 Å². The van der Waals surface area contributed by atoms with Crippen LogP contribution in [0, 0.1) is 11.3 Å². The van der Waals surface area contributed by atoms with Gasteiger partial charge in [0.25, 0.3) is 0 Å². The highest BCUT2D eigenvalue weighted by Crippen LogP contribution is 2.55. The number of phenols is 1. The van der Waals surface area contributed by atoms with E-state index in [4.69, 9.17) is 9.47 Å². The van der Waals surface area contributed by atoms with Gasteiger partial charge in [-0.25, -0.2) is 0 Å². The number of allylic oxidation sites excluding steroid dienone is 4. The van der Waals surface area contributed by atoms with Crippen molar-refractivity contribution in [2.75, 3.05) is 13.9 Å². The Morgan fingerprint density at radius 2 is 1.96 bits per heavy atom. The van der Waals surface area contributed by atoms with Gasteiger partial charge in [0.15, 0.2) is 18.3 Å². The second kappa shape index (κ2) is 5.66. The molecule has 0 heterocycles. The predicted octanol–water partition coefficient (Wildman–Crippen LogP) is 4.71. The molecule has 3 aliphatic carbocycles. The predicted molar refractivity (Wildman–Crippen MR) is 94.3 cm³/mol. The summed E-state index contributed by atoms with van der Waals surface area (Å²) >= 11 is 0. The molecule has 0 radical (unpaired) electrons. The van der Waals surface area contributed by atoms with Crippen molar-refractivity contribution >= 4 is 0 Å². The molecule has 0 aliphatic heterocycles. The van der Waals surface area contributed by atoms with E-state index >= 15 is 0 Å². The van der Waals surface area contributed by atoms with E-state index in [9.17, 15) is 5.11 Å². The van der Waals surface area contributed by atoms with Crippen molar-refractivity contribution in [1.29, 1.82) is 0 Å². The first-order valence-corrected chi connectivity index (χ1v) is 8.91.